The molecule has 2 heterocycles. The molecule has 98 valence electrons. The first-order valence-electron chi connectivity index (χ1n) is 5.36. The first-order valence-corrected chi connectivity index (χ1v) is 6.24. The van der Waals surface area contributed by atoms with Crippen molar-refractivity contribution in [1.29, 1.82) is 0 Å². The lowest BCUT2D eigenvalue weighted by atomic mass is 10.2. The predicted octanol–water partition coefficient (Wildman–Crippen LogP) is 1.28. The summed E-state index contributed by atoms with van der Waals surface area (Å²) in [6.45, 7) is 0. The lowest BCUT2D eigenvalue weighted by molar-refractivity contribution is -0.139. The summed E-state index contributed by atoms with van der Waals surface area (Å²) in [5.74, 6) is -1.67. The van der Waals surface area contributed by atoms with Gasteiger partial charge in [-0.3, -0.25) is 4.79 Å². The second kappa shape index (κ2) is 5.49. The lowest BCUT2D eigenvalue weighted by Gasteiger charge is -2.12. The van der Waals surface area contributed by atoms with E-state index in [4.69, 9.17) is 10.8 Å². The van der Waals surface area contributed by atoms with Gasteiger partial charge in [-0.15, -0.1) is 11.3 Å². The van der Waals surface area contributed by atoms with Crippen LogP contribution in [0.5, 0.6) is 0 Å². The Labute approximate surface area is 112 Å². The van der Waals surface area contributed by atoms with E-state index in [-0.39, 0.29) is 5.69 Å². The molecule has 1 amide bonds. The van der Waals surface area contributed by atoms with E-state index >= 15 is 0 Å². The van der Waals surface area contributed by atoms with Crippen LogP contribution in [0.1, 0.15) is 21.4 Å². The van der Waals surface area contributed by atoms with Gasteiger partial charge in [-0.05, 0) is 23.6 Å². The summed E-state index contributed by atoms with van der Waals surface area (Å²) in [5.41, 5.74) is 6.02. The average molecular weight is 277 g/mol. The Kier molecular flexibility index (Phi) is 3.76. The Balaban J connectivity index is 2.16. The molecule has 0 aliphatic carbocycles. The van der Waals surface area contributed by atoms with Crippen molar-refractivity contribution in [3.8, 4) is 0 Å². The van der Waals surface area contributed by atoms with Gasteiger partial charge in [-0.2, -0.15) is 0 Å². The van der Waals surface area contributed by atoms with Crippen LogP contribution in [0, 0.1) is 0 Å². The molecular formula is C12H11N3O3S. The molecule has 0 radical (unpaired) electrons. The molecule has 2 aromatic rings. The van der Waals surface area contributed by atoms with Gasteiger partial charge in [0.05, 0.1) is 11.9 Å². The normalized spacial score (nSPS) is 11.8. The monoisotopic (exact) mass is 277 g/mol. The van der Waals surface area contributed by atoms with E-state index in [1.165, 1.54) is 29.7 Å². The SMILES string of the molecule is Nc1ccc(C(=O)NC(C(=O)O)c2cccs2)nc1. The molecule has 19 heavy (non-hydrogen) atoms. The van der Waals surface area contributed by atoms with Crippen LogP contribution < -0.4 is 11.1 Å². The molecule has 0 aliphatic rings. The molecule has 4 N–H and O–H groups in total. The number of nitrogens with one attached hydrogen (secondary N) is 1. The molecule has 0 aromatic carbocycles. The number of pyridine rings is 1. The van der Waals surface area contributed by atoms with Gasteiger partial charge in [0.1, 0.15) is 5.69 Å². The van der Waals surface area contributed by atoms with Crippen molar-refractivity contribution in [2.24, 2.45) is 0 Å². The highest BCUT2D eigenvalue weighted by Gasteiger charge is 2.23. The number of aliphatic carboxylic acids is 1. The number of carbonyl (C=O) groups is 2. The lowest BCUT2D eigenvalue weighted by Crippen LogP contribution is -2.33. The van der Waals surface area contributed by atoms with Crippen LogP contribution in [0.3, 0.4) is 0 Å². The Morgan fingerprint density at radius 1 is 1.37 bits per heavy atom. The van der Waals surface area contributed by atoms with Crippen molar-refractivity contribution < 1.29 is 14.7 Å². The summed E-state index contributed by atoms with van der Waals surface area (Å²) in [4.78, 5) is 27.5. The first kappa shape index (κ1) is 13.0. The zero-order valence-corrected chi connectivity index (χ0v) is 10.6. The van der Waals surface area contributed by atoms with Gasteiger partial charge in [0.15, 0.2) is 6.04 Å². The summed E-state index contributed by atoms with van der Waals surface area (Å²) < 4.78 is 0. The molecule has 0 bridgehead atoms. The molecule has 1 unspecified atom stereocenters. The molecule has 1 atom stereocenters. The van der Waals surface area contributed by atoms with Crippen LogP contribution in [0.2, 0.25) is 0 Å². The molecule has 2 rings (SSSR count). The van der Waals surface area contributed by atoms with Crippen LogP contribution in [-0.4, -0.2) is 22.0 Å². The van der Waals surface area contributed by atoms with Crippen LogP contribution in [-0.2, 0) is 4.79 Å². The molecule has 0 fully saturated rings. The van der Waals surface area contributed by atoms with Gasteiger partial charge in [-0.1, -0.05) is 6.07 Å². The molecule has 0 spiro atoms. The number of carboxylic acid groups (broad SMARTS) is 1. The second-order valence-corrected chi connectivity index (χ2v) is 4.72. The van der Waals surface area contributed by atoms with Crippen molar-refractivity contribution in [2.45, 2.75) is 6.04 Å². The van der Waals surface area contributed by atoms with E-state index in [1.54, 1.807) is 17.5 Å². The highest BCUT2D eigenvalue weighted by molar-refractivity contribution is 7.10. The number of nitrogens with two attached hydrogens (primary N) is 1. The molecule has 6 nitrogen and oxygen atoms in total. The summed E-state index contributed by atoms with van der Waals surface area (Å²) in [5, 5.41) is 13.3. The second-order valence-electron chi connectivity index (χ2n) is 3.74. The van der Waals surface area contributed by atoms with E-state index < -0.39 is 17.9 Å². The van der Waals surface area contributed by atoms with Crippen molar-refractivity contribution in [1.82, 2.24) is 10.3 Å². The van der Waals surface area contributed by atoms with Gasteiger partial charge in [0, 0.05) is 4.88 Å². The number of nitrogens with zero attached hydrogens (tertiary/aromatic N) is 1. The number of amides is 1. The summed E-state index contributed by atoms with van der Waals surface area (Å²) in [6, 6.07) is 5.27. The minimum Gasteiger partial charge on any atom is -0.479 e. The number of carbonyl (C=O) groups excluding carboxylic acids is 1. The Morgan fingerprint density at radius 2 is 2.16 bits per heavy atom. The third kappa shape index (κ3) is 3.08. The molecular weight excluding hydrogens is 266 g/mol. The fraction of sp³-hybridized carbons (Fsp3) is 0.0833. The van der Waals surface area contributed by atoms with E-state index in [1.807, 2.05) is 0 Å². The van der Waals surface area contributed by atoms with Crippen molar-refractivity contribution in [3.05, 3.63) is 46.4 Å². The van der Waals surface area contributed by atoms with Gasteiger partial charge in [-0.25, -0.2) is 9.78 Å². The maximum atomic E-state index is 11.9. The zero-order chi connectivity index (χ0) is 13.8. The molecule has 0 saturated carbocycles. The number of thiophene rings is 1. The van der Waals surface area contributed by atoms with Gasteiger partial charge < -0.3 is 16.2 Å². The van der Waals surface area contributed by atoms with Crippen LogP contribution in [0.15, 0.2) is 35.8 Å². The van der Waals surface area contributed by atoms with Crippen molar-refractivity contribution in [2.75, 3.05) is 5.73 Å². The highest BCUT2D eigenvalue weighted by Crippen LogP contribution is 2.19. The quantitative estimate of drug-likeness (QED) is 0.780. The molecule has 2 aromatic heterocycles. The number of carboxylic acids is 1. The predicted molar refractivity (Wildman–Crippen MR) is 70.8 cm³/mol. The van der Waals surface area contributed by atoms with Crippen molar-refractivity contribution >= 4 is 28.9 Å². The van der Waals surface area contributed by atoms with Crippen LogP contribution in [0.25, 0.3) is 0 Å². The largest absolute Gasteiger partial charge is 0.479 e. The van der Waals surface area contributed by atoms with Gasteiger partial charge in [0.2, 0.25) is 0 Å². The Bertz CT molecular complexity index is 581. The highest BCUT2D eigenvalue weighted by atomic mass is 32.1. The maximum Gasteiger partial charge on any atom is 0.331 e. The van der Waals surface area contributed by atoms with Crippen LogP contribution >= 0.6 is 11.3 Å². The third-order valence-electron chi connectivity index (χ3n) is 2.37. The minimum absolute atomic E-state index is 0.122. The smallest absolute Gasteiger partial charge is 0.331 e. The van der Waals surface area contributed by atoms with Gasteiger partial charge in [0.25, 0.3) is 5.91 Å². The van der Waals surface area contributed by atoms with E-state index in [0.717, 1.165) is 0 Å². The maximum absolute atomic E-state index is 11.9. The van der Waals surface area contributed by atoms with Gasteiger partial charge >= 0.3 is 5.97 Å². The number of hydrogen-bond acceptors (Lipinski definition) is 5. The number of rotatable bonds is 4. The Hall–Kier alpha value is -2.41. The Morgan fingerprint density at radius 3 is 2.68 bits per heavy atom. The third-order valence-corrected chi connectivity index (χ3v) is 3.31. The average Bonchev–Trinajstić information content (AvgIpc) is 2.89. The summed E-state index contributed by atoms with van der Waals surface area (Å²) in [6.07, 6.45) is 1.34. The zero-order valence-electron chi connectivity index (χ0n) is 9.74. The van der Waals surface area contributed by atoms with E-state index in [0.29, 0.717) is 10.6 Å². The number of anilines is 1. The van der Waals surface area contributed by atoms with E-state index in [9.17, 15) is 9.59 Å². The fourth-order valence-electron chi connectivity index (χ4n) is 1.45. The standard InChI is InChI=1S/C12H11N3O3S/c13-7-3-4-8(14-6-7)11(16)15-10(12(17)18)9-2-1-5-19-9/h1-6,10H,13H2,(H,15,16)(H,17,18). The summed E-state index contributed by atoms with van der Waals surface area (Å²) in [7, 11) is 0. The number of nitrogen functional groups attached to an aromatic ring is 1. The minimum atomic E-state index is -1.12. The van der Waals surface area contributed by atoms with Crippen molar-refractivity contribution in [3.63, 3.8) is 0 Å². The molecule has 0 saturated heterocycles. The van der Waals surface area contributed by atoms with Crippen LogP contribution in [0.4, 0.5) is 5.69 Å². The topological polar surface area (TPSA) is 105 Å². The first-order chi connectivity index (χ1) is 9.08. The molecule has 0 aliphatic heterocycles. The number of hydrogen-bond donors (Lipinski definition) is 3. The fourth-order valence-corrected chi connectivity index (χ4v) is 2.22. The summed E-state index contributed by atoms with van der Waals surface area (Å²) >= 11 is 1.26. The molecule has 7 heteroatoms. The van der Waals surface area contributed by atoms with E-state index in [2.05, 4.69) is 10.3 Å². The number of aromatic nitrogens is 1.